The van der Waals surface area contributed by atoms with Crippen LogP contribution in [0.2, 0.25) is 0 Å². The van der Waals surface area contributed by atoms with E-state index in [0.29, 0.717) is 11.5 Å². The minimum absolute atomic E-state index is 0.511. The molecule has 2 heteroatoms. The van der Waals surface area contributed by atoms with Crippen LogP contribution in [0.1, 0.15) is 40.0 Å². The third-order valence-electron chi connectivity index (χ3n) is 3.79. The smallest absolute Gasteiger partial charge is 0.119 e. The van der Waals surface area contributed by atoms with Gasteiger partial charge in [0.25, 0.3) is 0 Å². The lowest BCUT2D eigenvalue weighted by molar-refractivity contribution is 0.317. The van der Waals surface area contributed by atoms with E-state index in [0.717, 1.165) is 18.8 Å². The zero-order chi connectivity index (χ0) is 12.3. The fourth-order valence-electron chi connectivity index (χ4n) is 1.92. The van der Waals surface area contributed by atoms with Crippen LogP contribution < -0.4 is 10.1 Å². The molecule has 1 aromatic carbocycles. The van der Waals surface area contributed by atoms with Crippen molar-refractivity contribution < 1.29 is 4.74 Å². The van der Waals surface area contributed by atoms with E-state index in [1.807, 2.05) is 12.1 Å². The number of rotatable bonds is 6. The highest BCUT2D eigenvalue weighted by Crippen LogP contribution is 2.48. The van der Waals surface area contributed by atoms with Crippen LogP contribution in [0.25, 0.3) is 0 Å². The lowest BCUT2D eigenvalue weighted by Crippen LogP contribution is -2.24. The molecule has 1 aliphatic rings. The van der Waals surface area contributed by atoms with Gasteiger partial charge >= 0.3 is 0 Å². The van der Waals surface area contributed by atoms with Gasteiger partial charge in [0, 0.05) is 11.7 Å². The van der Waals surface area contributed by atoms with Crippen molar-refractivity contribution in [1.82, 2.24) is 0 Å². The summed E-state index contributed by atoms with van der Waals surface area (Å²) >= 11 is 0. The third kappa shape index (κ3) is 3.15. The number of anilines is 1. The number of ether oxygens (including phenoxy) is 1. The van der Waals surface area contributed by atoms with Crippen LogP contribution in [-0.2, 0) is 0 Å². The maximum atomic E-state index is 5.57. The molecule has 0 spiro atoms. The van der Waals surface area contributed by atoms with Crippen LogP contribution in [0.4, 0.5) is 5.69 Å². The van der Waals surface area contributed by atoms with Gasteiger partial charge in [0.1, 0.15) is 5.75 Å². The summed E-state index contributed by atoms with van der Waals surface area (Å²) in [6.45, 7) is 7.53. The first kappa shape index (κ1) is 12.3. The van der Waals surface area contributed by atoms with Crippen LogP contribution in [0.3, 0.4) is 0 Å². The lowest BCUT2D eigenvalue weighted by Gasteiger charge is -2.21. The third-order valence-corrected chi connectivity index (χ3v) is 3.79. The minimum Gasteiger partial charge on any atom is -0.494 e. The maximum absolute atomic E-state index is 5.57. The summed E-state index contributed by atoms with van der Waals surface area (Å²) in [6.07, 6.45) is 3.74. The number of hydrogen-bond donors (Lipinski definition) is 1. The average molecular weight is 233 g/mol. The Bertz CT molecular complexity index is 354. The summed E-state index contributed by atoms with van der Waals surface area (Å²) in [5.74, 6) is 0.961. The van der Waals surface area contributed by atoms with Crippen molar-refractivity contribution in [2.45, 2.75) is 46.1 Å². The Balaban J connectivity index is 1.89. The molecule has 0 aliphatic heterocycles. The van der Waals surface area contributed by atoms with Gasteiger partial charge in [-0.05, 0) is 55.9 Å². The van der Waals surface area contributed by atoms with Crippen molar-refractivity contribution in [3.63, 3.8) is 0 Å². The zero-order valence-electron chi connectivity index (χ0n) is 11.1. The molecular formula is C15H23NO. The van der Waals surface area contributed by atoms with E-state index < -0.39 is 0 Å². The lowest BCUT2D eigenvalue weighted by atomic mass is 10.0. The van der Waals surface area contributed by atoms with Crippen molar-refractivity contribution in [2.75, 3.05) is 11.9 Å². The molecule has 0 bridgehead atoms. The summed E-state index contributed by atoms with van der Waals surface area (Å²) in [5, 5.41) is 3.57. The second-order valence-corrected chi connectivity index (χ2v) is 5.39. The van der Waals surface area contributed by atoms with E-state index in [1.54, 1.807) is 0 Å². The summed E-state index contributed by atoms with van der Waals surface area (Å²) < 4.78 is 5.57. The summed E-state index contributed by atoms with van der Waals surface area (Å²) in [7, 11) is 0. The average Bonchev–Trinajstić information content (AvgIpc) is 3.08. The predicted octanol–water partition coefficient (Wildman–Crippen LogP) is 4.08. The van der Waals surface area contributed by atoms with Crippen molar-refractivity contribution >= 4 is 5.69 Å². The molecule has 1 aromatic rings. The maximum Gasteiger partial charge on any atom is 0.119 e. The quantitative estimate of drug-likeness (QED) is 0.799. The molecule has 0 heterocycles. The molecule has 0 saturated heterocycles. The van der Waals surface area contributed by atoms with Gasteiger partial charge < -0.3 is 10.1 Å². The molecule has 94 valence electrons. The van der Waals surface area contributed by atoms with Crippen molar-refractivity contribution in [2.24, 2.45) is 5.41 Å². The second-order valence-electron chi connectivity index (χ2n) is 5.39. The molecule has 1 unspecified atom stereocenters. The summed E-state index contributed by atoms with van der Waals surface area (Å²) in [4.78, 5) is 0. The van der Waals surface area contributed by atoms with E-state index in [1.165, 1.54) is 18.5 Å². The highest BCUT2D eigenvalue weighted by atomic mass is 16.5. The highest BCUT2D eigenvalue weighted by molar-refractivity contribution is 5.47. The molecule has 1 saturated carbocycles. The Labute approximate surface area is 104 Å². The van der Waals surface area contributed by atoms with Crippen LogP contribution in [0.15, 0.2) is 24.3 Å². The summed E-state index contributed by atoms with van der Waals surface area (Å²) in [6, 6.07) is 8.84. The van der Waals surface area contributed by atoms with E-state index in [-0.39, 0.29) is 0 Å². The molecule has 2 nitrogen and oxygen atoms in total. The monoisotopic (exact) mass is 233 g/mol. The largest absolute Gasteiger partial charge is 0.494 e. The fourth-order valence-corrected chi connectivity index (χ4v) is 1.92. The number of hydrogen-bond acceptors (Lipinski definition) is 2. The molecule has 1 aliphatic carbocycles. The molecule has 2 rings (SSSR count). The topological polar surface area (TPSA) is 21.3 Å². The molecule has 0 amide bonds. The van der Waals surface area contributed by atoms with Gasteiger partial charge in [0.15, 0.2) is 0 Å². The minimum atomic E-state index is 0.511. The van der Waals surface area contributed by atoms with Gasteiger partial charge in [0.2, 0.25) is 0 Å². The molecule has 17 heavy (non-hydrogen) atoms. The van der Waals surface area contributed by atoms with Crippen molar-refractivity contribution in [1.29, 1.82) is 0 Å². The van der Waals surface area contributed by atoms with Crippen LogP contribution in [0.5, 0.6) is 5.75 Å². The second kappa shape index (κ2) is 4.99. The molecule has 0 aromatic heterocycles. The van der Waals surface area contributed by atoms with Gasteiger partial charge in [-0.25, -0.2) is 0 Å². The first-order valence-corrected chi connectivity index (χ1v) is 6.63. The number of nitrogens with one attached hydrogen (secondary N) is 1. The highest BCUT2D eigenvalue weighted by Gasteiger charge is 2.42. The Morgan fingerprint density at radius 1 is 1.29 bits per heavy atom. The van der Waals surface area contributed by atoms with E-state index in [9.17, 15) is 0 Å². The normalized spacial score (nSPS) is 18.5. The summed E-state index contributed by atoms with van der Waals surface area (Å²) in [5.41, 5.74) is 1.70. The van der Waals surface area contributed by atoms with Crippen LogP contribution in [0, 0.1) is 5.41 Å². The Morgan fingerprint density at radius 3 is 2.47 bits per heavy atom. The van der Waals surface area contributed by atoms with Gasteiger partial charge in [-0.2, -0.15) is 0 Å². The van der Waals surface area contributed by atoms with Crippen LogP contribution in [-0.4, -0.2) is 12.6 Å². The van der Waals surface area contributed by atoms with E-state index in [2.05, 4.69) is 38.2 Å². The van der Waals surface area contributed by atoms with Gasteiger partial charge in [-0.1, -0.05) is 13.8 Å². The predicted molar refractivity (Wildman–Crippen MR) is 72.7 cm³/mol. The van der Waals surface area contributed by atoms with Crippen molar-refractivity contribution in [3.8, 4) is 5.75 Å². The van der Waals surface area contributed by atoms with Crippen molar-refractivity contribution in [3.05, 3.63) is 24.3 Å². The van der Waals surface area contributed by atoms with Gasteiger partial charge in [-0.3, -0.25) is 0 Å². The Morgan fingerprint density at radius 2 is 1.94 bits per heavy atom. The zero-order valence-corrected chi connectivity index (χ0v) is 11.1. The Kier molecular flexibility index (Phi) is 3.60. The Hall–Kier alpha value is -1.18. The molecule has 1 atom stereocenters. The molecule has 1 fully saturated rings. The van der Waals surface area contributed by atoms with E-state index >= 15 is 0 Å². The number of benzene rings is 1. The van der Waals surface area contributed by atoms with Gasteiger partial charge in [-0.15, -0.1) is 0 Å². The fraction of sp³-hybridized carbons (Fsp3) is 0.600. The molecule has 1 N–H and O–H groups in total. The molecular weight excluding hydrogens is 210 g/mol. The van der Waals surface area contributed by atoms with E-state index in [4.69, 9.17) is 4.74 Å². The SMILES string of the molecule is CCCOc1ccc(NC(C)C2(C)CC2)cc1. The first-order chi connectivity index (χ1) is 8.14. The van der Waals surface area contributed by atoms with Gasteiger partial charge in [0.05, 0.1) is 6.61 Å². The van der Waals surface area contributed by atoms with Crippen LogP contribution >= 0.6 is 0 Å². The first-order valence-electron chi connectivity index (χ1n) is 6.63. The molecule has 0 radical (unpaired) electrons. The standard InChI is InChI=1S/C15H23NO/c1-4-11-17-14-7-5-13(6-8-14)16-12(2)15(3)9-10-15/h5-8,12,16H,4,9-11H2,1-3H3.